The Labute approximate surface area is 111 Å². The van der Waals surface area contributed by atoms with Crippen molar-refractivity contribution in [3.8, 4) is 5.75 Å². The summed E-state index contributed by atoms with van der Waals surface area (Å²) in [6.45, 7) is 11.7. The Morgan fingerprint density at radius 2 is 1.89 bits per heavy atom. The van der Waals surface area contributed by atoms with Crippen molar-refractivity contribution >= 4 is 14.0 Å². The Morgan fingerprint density at radius 1 is 1.28 bits per heavy atom. The van der Waals surface area contributed by atoms with Crippen LogP contribution >= 0.6 is 0 Å². The minimum absolute atomic E-state index is 0.206. The van der Waals surface area contributed by atoms with Crippen molar-refractivity contribution in [3.05, 3.63) is 23.8 Å². The summed E-state index contributed by atoms with van der Waals surface area (Å²) < 4.78 is 6.08. The van der Waals surface area contributed by atoms with E-state index in [9.17, 15) is 5.11 Å². The average Bonchev–Trinajstić information content (AvgIpc) is 2.20. The zero-order valence-corrected chi connectivity index (χ0v) is 13.1. The number of benzene rings is 1. The van der Waals surface area contributed by atoms with Crippen LogP contribution < -0.4 is 5.73 Å². The van der Waals surface area contributed by atoms with E-state index in [1.807, 2.05) is 0 Å². The summed E-state index contributed by atoms with van der Waals surface area (Å²) in [4.78, 5) is 0. The second-order valence-corrected chi connectivity index (χ2v) is 11.0. The molecule has 0 heterocycles. The molecule has 0 aliphatic carbocycles. The van der Waals surface area contributed by atoms with Gasteiger partial charge in [-0.2, -0.15) is 0 Å². The third-order valence-corrected chi connectivity index (χ3v) is 8.35. The normalized spacial score (nSPS) is 12.7. The largest absolute Gasteiger partial charge is 0.508 e. The van der Waals surface area contributed by atoms with Crippen LogP contribution in [0.2, 0.25) is 18.1 Å². The van der Waals surface area contributed by atoms with Gasteiger partial charge in [-0.05, 0) is 30.3 Å². The standard InChI is InChI=1S/C14H25NO2Si/c1-14(2,3)18(4,5)17-10-9-11-12(15)7-6-8-13(11)16/h6-8,16H,9-10,15H2,1-5H3. The molecule has 0 saturated carbocycles. The highest BCUT2D eigenvalue weighted by Gasteiger charge is 2.36. The Bertz CT molecular complexity index is 390. The molecule has 0 aliphatic heterocycles. The molecule has 0 spiro atoms. The van der Waals surface area contributed by atoms with Gasteiger partial charge < -0.3 is 15.3 Å². The smallest absolute Gasteiger partial charge is 0.191 e. The molecule has 0 bridgehead atoms. The second-order valence-electron chi connectivity index (χ2n) is 6.20. The Morgan fingerprint density at radius 3 is 2.39 bits per heavy atom. The predicted octanol–water partition coefficient (Wildman–Crippen LogP) is 3.54. The molecule has 3 N–H and O–H groups in total. The summed E-state index contributed by atoms with van der Waals surface area (Å²) in [6.07, 6.45) is 0.658. The summed E-state index contributed by atoms with van der Waals surface area (Å²) in [6, 6.07) is 5.22. The lowest BCUT2D eigenvalue weighted by Crippen LogP contribution is -2.41. The van der Waals surface area contributed by atoms with Crippen LogP contribution in [0.25, 0.3) is 0 Å². The summed E-state index contributed by atoms with van der Waals surface area (Å²) in [5, 5.41) is 9.96. The molecule has 102 valence electrons. The lowest BCUT2D eigenvalue weighted by atomic mass is 10.1. The van der Waals surface area contributed by atoms with Gasteiger partial charge >= 0.3 is 0 Å². The lowest BCUT2D eigenvalue weighted by Gasteiger charge is -2.36. The van der Waals surface area contributed by atoms with Crippen molar-refractivity contribution < 1.29 is 9.53 Å². The highest BCUT2D eigenvalue weighted by molar-refractivity contribution is 6.74. The van der Waals surface area contributed by atoms with Crippen molar-refractivity contribution in [2.45, 2.75) is 45.3 Å². The number of anilines is 1. The number of hydrogen-bond donors (Lipinski definition) is 2. The van der Waals surface area contributed by atoms with Crippen LogP contribution in [0.5, 0.6) is 5.75 Å². The van der Waals surface area contributed by atoms with Crippen molar-refractivity contribution in [3.63, 3.8) is 0 Å². The number of rotatable bonds is 4. The van der Waals surface area contributed by atoms with E-state index in [1.165, 1.54) is 0 Å². The van der Waals surface area contributed by atoms with Gasteiger partial charge in [0.2, 0.25) is 0 Å². The lowest BCUT2D eigenvalue weighted by molar-refractivity contribution is 0.290. The maximum Gasteiger partial charge on any atom is 0.191 e. The first kappa shape index (κ1) is 15.1. The van der Waals surface area contributed by atoms with Crippen molar-refractivity contribution in [1.82, 2.24) is 0 Å². The first-order chi connectivity index (χ1) is 8.15. The molecular weight excluding hydrogens is 242 g/mol. The third-order valence-electron chi connectivity index (χ3n) is 3.81. The van der Waals surface area contributed by atoms with E-state index in [4.69, 9.17) is 10.2 Å². The number of hydrogen-bond acceptors (Lipinski definition) is 3. The zero-order chi connectivity index (χ0) is 14.0. The Balaban J connectivity index is 2.63. The molecule has 1 aromatic carbocycles. The van der Waals surface area contributed by atoms with E-state index >= 15 is 0 Å². The van der Waals surface area contributed by atoms with Gasteiger partial charge in [-0.3, -0.25) is 0 Å². The summed E-state index contributed by atoms with van der Waals surface area (Å²) in [5.74, 6) is 0.258. The highest BCUT2D eigenvalue weighted by atomic mass is 28.4. The number of aromatic hydroxyl groups is 1. The van der Waals surface area contributed by atoms with E-state index in [0.717, 1.165) is 5.56 Å². The Kier molecular flexibility index (Phi) is 4.45. The average molecular weight is 267 g/mol. The fourth-order valence-corrected chi connectivity index (χ4v) is 2.53. The molecule has 1 aromatic rings. The zero-order valence-electron chi connectivity index (χ0n) is 12.1. The van der Waals surface area contributed by atoms with Crippen molar-refractivity contribution in [2.24, 2.45) is 0 Å². The predicted molar refractivity (Wildman–Crippen MR) is 79.4 cm³/mol. The molecule has 18 heavy (non-hydrogen) atoms. The topological polar surface area (TPSA) is 55.5 Å². The van der Waals surface area contributed by atoms with Gasteiger partial charge in [0, 0.05) is 24.3 Å². The van der Waals surface area contributed by atoms with Gasteiger partial charge in [0.25, 0.3) is 0 Å². The SMILES string of the molecule is CC(C)(C)[Si](C)(C)OCCc1c(N)cccc1O. The van der Waals surface area contributed by atoms with E-state index in [2.05, 4.69) is 33.9 Å². The molecule has 0 saturated heterocycles. The van der Waals surface area contributed by atoms with Gasteiger partial charge in [0.15, 0.2) is 8.32 Å². The van der Waals surface area contributed by atoms with Gasteiger partial charge in [0.05, 0.1) is 0 Å². The molecule has 0 amide bonds. The van der Waals surface area contributed by atoms with Gasteiger partial charge in [-0.15, -0.1) is 0 Å². The van der Waals surface area contributed by atoms with E-state index in [1.54, 1.807) is 18.2 Å². The summed E-state index contributed by atoms with van der Waals surface area (Å²) in [7, 11) is -1.72. The number of phenolic OH excluding ortho intramolecular Hbond substituents is 1. The molecule has 4 heteroatoms. The van der Waals surface area contributed by atoms with Crippen molar-refractivity contribution in [2.75, 3.05) is 12.3 Å². The maximum atomic E-state index is 9.76. The van der Waals surface area contributed by atoms with Crippen LogP contribution in [0.3, 0.4) is 0 Å². The third kappa shape index (κ3) is 3.49. The molecule has 0 aliphatic rings. The molecule has 0 fully saturated rings. The van der Waals surface area contributed by atoms with Crippen molar-refractivity contribution in [1.29, 1.82) is 0 Å². The van der Waals surface area contributed by atoms with Crippen LogP contribution in [0.15, 0.2) is 18.2 Å². The van der Waals surface area contributed by atoms with Crippen LogP contribution in [0.1, 0.15) is 26.3 Å². The van der Waals surface area contributed by atoms with Gasteiger partial charge in [-0.1, -0.05) is 26.8 Å². The van der Waals surface area contributed by atoms with Crippen LogP contribution in [0.4, 0.5) is 5.69 Å². The number of nitrogen functional groups attached to an aromatic ring is 1. The second kappa shape index (κ2) is 5.32. The summed E-state index contributed by atoms with van der Waals surface area (Å²) in [5.41, 5.74) is 7.27. The van der Waals surface area contributed by atoms with Crippen LogP contribution in [-0.4, -0.2) is 20.0 Å². The van der Waals surface area contributed by atoms with Gasteiger partial charge in [-0.25, -0.2) is 0 Å². The fraction of sp³-hybridized carbons (Fsp3) is 0.571. The molecule has 1 rings (SSSR count). The number of phenols is 1. The monoisotopic (exact) mass is 267 g/mol. The molecular formula is C14H25NO2Si. The molecule has 0 unspecified atom stereocenters. The van der Waals surface area contributed by atoms with Crippen LogP contribution in [0, 0.1) is 0 Å². The quantitative estimate of drug-likeness (QED) is 0.648. The maximum absolute atomic E-state index is 9.76. The first-order valence-corrected chi connectivity index (χ1v) is 9.26. The van der Waals surface area contributed by atoms with Crippen LogP contribution in [-0.2, 0) is 10.8 Å². The fourth-order valence-electron chi connectivity index (χ4n) is 1.49. The Hall–Kier alpha value is -1.00. The highest BCUT2D eigenvalue weighted by Crippen LogP contribution is 2.36. The first-order valence-electron chi connectivity index (χ1n) is 6.35. The minimum atomic E-state index is -1.72. The van der Waals surface area contributed by atoms with E-state index < -0.39 is 8.32 Å². The molecule has 0 radical (unpaired) electrons. The molecule has 0 atom stereocenters. The summed E-state index contributed by atoms with van der Waals surface area (Å²) >= 11 is 0. The minimum Gasteiger partial charge on any atom is -0.508 e. The van der Waals surface area contributed by atoms with Gasteiger partial charge in [0.1, 0.15) is 5.75 Å². The molecule has 3 nitrogen and oxygen atoms in total. The molecule has 0 aromatic heterocycles. The van der Waals surface area contributed by atoms with E-state index in [-0.39, 0.29) is 10.8 Å². The van der Waals surface area contributed by atoms with E-state index in [0.29, 0.717) is 18.7 Å². The number of nitrogens with two attached hydrogens (primary N) is 1.